The average Bonchev–Trinajstić information content (AvgIpc) is 3.02. The van der Waals surface area contributed by atoms with Crippen LogP contribution in [0.1, 0.15) is 25.3 Å². The maximum absolute atomic E-state index is 12.5. The van der Waals surface area contributed by atoms with Crippen LogP contribution < -0.4 is 10.6 Å². The summed E-state index contributed by atoms with van der Waals surface area (Å²) in [6.45, 7) is 3.20. The van der Waals surface area contributed by atoms with Gasteiger partial charge in [-0.1, -0.05) is 30.3 Å². The Kier molecular flexibility index (Phi) is 6.48. The van der Waals surface area contributed by atoms with Crippen LogP contribution in [0.5, 0.6) is 0 Å². The van der Waals surface area contributed by atoms with Crippen molar-refractivity contribution in [3.05, 3.63) is 35.9 Å². The Morgan fingerprint density at radius 3 is 2.71 bits per heavy atom. The quantitative estimate of drug-likeness (QED) is 0.597. The Morgan fingerprint density at radius 1 is 1.46 bits per heavy atom. The summed E-state index contributed by atoms with van der Waals surface area (Å²) in [6, 6.07) is 8.92. The Balaban J connectivity index is 1.99. The molecule has 1 unspecified atom stereocenters. The third kappa shape index (κ3) is 4.63. The fourth-order valence-electron chi connectivity index (χ4n) is 3.32. The first kappa shape index (κ1) is 18.6. The highest BCUT2D eigenvalue weighted by Crippen LogP contribution is 2.19. The molecule has 24 heavy (non-hydrogen) atoms. The van der Waals surface area contributed by atoms with Gasteiger partial charge >= 0.3 is 0 Å². The molecule has 0 spiro atoms. The first-order valence-electron chi connectivity index (χ1n) is 8.39. The molecule has 0 saturated carbocycles. The van der Waals surface area contributed by atoms with Gasteiger partial charge in [0.15, 0.2) is 0 Å². The molecule has 1 saturated heterocycles. The minimum Gasteiger partial charge on any atom is -0.391 e. The fraction of sp³-hybridized carbons (Fsp3) is 0.556. The molecule has 1 aromatic carbocycles. The number of likely N-dealkylation sites (N-methyl/N-ethyl adjacent to an activating group) is 1. The van der Waals surface area contributed by atoms with Crippen LogP contribution in [-0.2, 0) is 16.1 Å². The Bertz CT molecular complexity index is 542. The van der Waals surface area contributed by atoms with Crippen molar-refractivity contribution in [2.45, 2.75) is 44.0 Å². The van der Waals surface area contributed by atoms with Gasteiger partial charge in [0.2, 0.25) is 5.91 Å². The number of aliphatic hydroxyl groups excluding tert-OH is 1. The molecular weight excluding hydrogens is 306 g/mol. The fourth-order valence-corrected chi connectivity index (χ4v) is 3.32. The number of benzene rings is 1. The van der Waals surface area contributed by atoms with Crippen LogP contribution in [0.3, 0.4) is 0 Å². The SMILES string of the molecule is C[C@@H](O)[C@@H](C(=O)NCc1ccccc1)N(C)CC1(C=O)CCCN1. The molecule has 6 heteroatoms. The molecule has 0 bridgehead atoms. The Labute approximate surface area is 143 Å². The molecule has 0 aromatic heterocycles. The molecule has 2 rings (SSSR count). The number of aliphatic hydroxyl groups is 1. The van der Waals surface area contributed by atoms with Gasteiger partial charge in [-0.2, -0.15) is 0 Å². The van der Waals surface area contributed by atoms with Gasteiger partial charge in [-0.25, -0.2) is 0 Å². The second kappa shape index (κ2) is 8.37. The minimum absolute atomic E-state index is 0.240. The molecule has 132 valence electrons. The van der Waals surface area contributed by atoms with Gasteiger partial charge in [0.1, 0.15) is 12.3 Å². The van der Waals surface area contributed by atoms with Crippen molar-refractivity contribution >= 4 is 12.2 Å². The predicted octanol–water partition coefficient (Wildman–Crippen LogP) is 0.305. The first-order chi connectivity index (χ1) is 11.5. The van der Waals surface area contributed by atoms with Gasteiger partial charge in [0, 0.05) is 13.1 Å². The van der Waals surface area contributed by atoms with Crippen LogP contribution in [0.15, 0.2) is 30.3 Å². The smallest absolute Gasteiger partial charge is 0.240 e. The zero-order chi connectivity index (χ0) is 17.6. The maximum atomic E-state index is 12.5. The molecule has 1 aromatic rings. The molecule has 0 aliphatic carbocycles. The molecule has 0 radical (unpaired) electrons. The average molecular weight is 333 g/mol. The van der Waals surface area contributed by atoms with E-state index in [1.807, 2.05) is 30.3 Å². The number of nitrogens with zero attached hydrogens (tertiary/aromatic N) is 1. The van der Waals surface area contributed by atoms with Crippen LogP contribution >= 0.6 is 0 Å². The van der Waals surface area contributed by atoms with E-state index < -0.39 is 17.7 Å². The van der Waals surface area contributed by atoms with Crippen LogP contribution in [0.2, 0.25) is 0 Å². The van der Waals surface area contributed by atoms with Gasteiger partial charge in [-0.3, -0.25) is 9.69 Å². The molecule has 1 amide bonds. The second-order valence-corrected chi connectivity index (χ2v) is 6.61. The lowest BCUT2D eigenvalue weighted by Crippen LogP contribution is -2.58. The van der Waals surface area contributed by atoms with E-state index in [0.717, 1.165) is 31.2 Å². The number of carbonyl (C=O) groups excluding carboxylic acids is 2. The summed E-state index contributed by atoms with van der Waals surface area (Å²) in [6.07, 6.45) is 1.78. The lowest BCUT2D eigenvalue weighted by atomic mass is 9.97. The monoisotopic (exact) mass is 333 g/mol. The number of hydrogen-bond donors (Lipinski definition) is 3. The highest BCUT2D eigenvalue weighted by Gasteiger charge is 2.38. The van der Waals surface area contributed by atoms with E-state index in [2.05, 4.69) is 10.6 Å². The molecular formula is C18H27N3O3. The summed E-state index contributed by atoms with van der Waals surface area (Å²) >= 11 is 0. The number of aldehydes is 1. The van der Waals surface area contributed by atoms with E-state index in [1.54, 1.807) is 18.9 Å². The molecule has 1 fully saturated rings. The zero-order valence-electron chi connectivity index (χ0n) is 14.4. The van der Waals surface area contributed by atoms with Gasteiger partial charge in [0.05, 0.1) is 11.6 Å². The number of nitrogens with one attached hydrogen (secondary N) is 2. The van der Waals surface area contributed by atoms with Crippen molar-refractivity contribution in [2.75, 3.05) is 20.1 Å². The Morgan fingerprint density at radius 2 is 2.17 bits per heavy atom. The van der Waals surface area contributed by atoms with Crippen LogP contribution in [-0.4, -0.2) is 60.0 Å². The standard InChI is InChI=1S/C18H27N3O3/c1-14(23)16(17(24)19-11-15-7-4-3-5-8-15)21(2)12-18(13-22)9-6-10-20-18/h3-5,7-8,13-14,16,20,23H,6,9-12H2,1-2H3,(H,19,24)/t14-,16+,18?/m1/s1. The van der Waals surface area contributed by atoms with E-state index in [1.165, 1.54) is 0 Å². The van der Waals surface area contributed by atoms with Gasteiger partial charge in [0.25, 0.3) is 0 Å². The van der Waals surface area contributed by atoms with E-state index in [0.29, 0.717) is 13.1 Å². The number of rotatable bonds is 8. The summed E-state index contributed by atoms with van der Waals surface area (Å²) in [7, 11) is 1.77. The molecule has 3 N–H and O–H groups in total. The van der Waals surface area contributed by atoms with Gasteiger partial charge < -0.3 is 20.5 Å². The third-order valence-electron chi connectivity index (χ3n) is 4.54. The molecule has 6 nitrogen and oxygen atoms in total. The normalized spacial score (nSPS) is 23.0. The summed E-state index contributed by atoms with van der Waals surface area (Å²) < 4.78 is 0. The lowest BCUT2D eigenvalue weighted by Gasteiger charge is -2.35. The van der Waals surface area contributed by atoms with Crippen molar-refractivity contribution in [3.63, 3.8) is 0 Å². The lowest BCUT2D eigenvalue weighted by molar-refractivity contribution is -0.131. The predicted molar refractivity (Wildman–Crippen MR) is 92.4 cm³/mol. The molecule has 1 aliphatic heterocycles. The highest BCUT2D eigenvalue weighted by molar-refractivity contribution is 5.82. The van der Waals surface area contributed by atoms with Crippen molar-refractivity contribution < 1.29 is 14.7 Å². The number of carbonyl (C=O) groups is 2. The van der Waals surface area contributed by atoms with Crippen molar-refractivity contribution in [3.8, 4) is 0 Å². The number of amides is 1. The number of hydrogen-bond acceptors (Lipinski definition) is 5. The van der Waals surface area contributed by atoms with Crippen molar-refractivity contribution in [1.82, 2.24) is 15.5 Å². The molecule has 1 aliphatic rings. The first-order valence-corrected chi connectivity index (χ1v) is 8.39. The van der Waals surface area contributed by atoms with Crippen LogP contribution in [0, 0.1) is 0 Å². The summed E-state index contributed by atoms with van der Waals surface area (Å²) in [5.74, 6) is -0.240. The topological polar surface area (TPSA) is 81.7 Å². The van der Waals surface area contributed by atoms with Crippen molar-refractivity contribution in [1.29, 1.82) is 0 Å². The third-order valence-corrected chi connectivity index (χ3v) is 4.54. The summed E-state index contributed by atoms with van der Waals surface area (Å²) in [4.78, 5) is 25.8. The van der Waals surface area contributed by atoms with Gasteiger partial charge in [-0.05, 0) is 38.9 Å². The largest absolute Gasteiger partial charge is 0.391 e. The van der Waals surface area contributed by atoms with Crippen LogP contribution in [0.4, 0.5) is 0 Å². The minimum atomic E-state index is -0.837. The van der Waals surface area contributed by atoms with E-state index in [4.69, 9.17) is 0 Å². The summed E-state index contributed by atoms with van der Waals surface area (Å²) in [5, 5.41) is 16.2. The second-order valence-electron chi connectivity index (χ2n) is 6.61. The van der Waals surface area contributed by atoms with E-state index >= 15 is 0 Å². The molecule has 3 atom stereocenters. The maximum Gasteiger partial charge on any atom is 0.240 e. The zero-order valence-corrected chi connectivity index (χ0v) is 14.4. The molecule has 1 heterocycles. The van der Waals surface area contributed by atoms with Gasteiger partial charge in [-0.15, -0.1) is 0 Å². The van der Waals surface area contributed by atoms with Crippen LogP contribution in [0.25, 0.3) is 0 Å². The van der Waals surface area contributed by atoms with Crippen molar-refractivity contribution in [2.24, 2.45) is 0 Å². The highest BCUT2D eigenvalue weighted by atomic mass is 16.3. The van der Waals surface area contributed by atoms with E-state index in [9.17, 15) is 14.7 Å². The summed E-state index contributed by atoms with van der Waals surface area (Å²) in [5.41, 5.74) is 0.376. The Hall–Kier alpha value is -1.76. The van der Waals surface area contributed by atoms with E-state index in [-0.39, 0.29) is 5.91 Å².